The van der Waals surface area contributed by atoms with E-state index in [9.17, 15) is 14.8 Å². The van der Waals surface area contributed by atoms with Crippen LogP contribution in [0.4, 0.5) is 4.39 Å². The Morgan fingerprint density at radius 2 is 2.28 bits per heavy atom. The predicted molar refractivity (Wildman–Crippen MR) is 67.4 cm³/mol. The van der Waals surface area contributed by atoms with Crippen LogP contribution in [-0.2, 0) is 0 Å². The average Bonchev–Trinajstić information content (AvgIpc) is 2.70. The van der Waals surface area contributed by atoms with E-state index in [4.69, 9.17) is 11.6 Å². The van der Waals surface area contributed by atoms with Crippen LogP contribution in [-0.4, -0.2) is 5.11 Å². The lowest BCUT2D eigenvalue weighted by atomic mass is 9.78. The molecule has 0 heterocycles. The molecule has 2 rings (SSSR count). The van der Waals surface area contributed by atoms with Crippen LogP contribution in [0.3, 0.4) is 0 Å². The fourth-order valence-corrected chi connectivity index (χ4v) is 3.02. The molecule has 3 atom stereocenters. The minimum atomic E-state index is -0.986. The fraction of sp³-hybridized carbons (Fsp3) is 0.500. The summed E-state index contributed by atoms with van der Waals surface area (Å²) < 4.78 is 13.3. The zero-order valence-corrected chi connectivity index (χ0v) is 10.9. The van der Waals surface area contributed by atoms with Gasteiger partial charge in [-0.15, -0.1) is 0 Å². The zero-order valence-electron chi connectivity index (χ0n) is 10.2. The van der Waals surface area contributed by atoms with Gasteiger partial charge in [-0.3, -0.25) is 0 Å². The third kappa shape index (κ3) is 2.36. The van der Waals surface area contributed by atoms with Gasteiger partial charge in [-0.2, -0.15) is 5.26 Å². The summed E-state index contributed by atoms with van der Waals surface area (Å²) in [5.74, 6) is -0.0842. The maximum Gasteiger partial charge on any atom is 0.125 e. The number of aliphatic hydroxyl groups is 1. The van der Waals surface area contributed by atoms with Crippen molar-refractivity contribution in [3.05, 3.63) is 34.6 Å². The highest BCUT2D eigenvalue weighted by molar-refractivity contribution is 6.30. The second kappa shape index (κ2) is 4.87. The molecule has 18 heavy (non-hydrogen) atoms. The lowest BCUT2D eigenvalue weighted by molar-refractivity contribution is 0.0644. The van der Waals surface area contributed by atoms with E-state index in [1.54, 1.807) is 0 Å². The Labute approximate surface area is 111 Å². The van der Waals surface area contributed by atoms with Crippen molar-refractivity contribution < 1.29 is 9.50 Å². The van der Waals surface area contributed by atoms with E-state index in [2.05, 4.69) is 13.0 Å². The van der Waals surface area contributed by atoms with Gasteiger partial charge in [0.1, 0.15) is 5.82 Å². The van der Waals surface area contributed by atoms with Crippen molar-refractivity contribution in [2.45, 2.75) is 32.3 Å². The van der Waals surface area contributed by atoms with Gasteiger partial charge in [0.25, 0.3) is 0 Å². The van der Waals surface area contributed by atoms with E-state index in [-0.39, 0.29) is 5.02 Å². The molecule has 1 saturated carbocycles. The number of halogens is 2. The predicted octanol–water partition coefficient (Wildman–Crippen LogP) is 3.84. The van der Waals surface area contributed by atoms with E-state index < -0.39 is 17.3 Å². The summed E-state index contributed by atoms with van der Waals surface area (Å²) in [6.45, 7) is 2.06. The summed E-state index contributed by atoms with van der Waals surface area (Å²) in [6, 6.07) is 6.19. The van der Waals surface area contributed by atoms with E-state index >= 15 is 0 Å². The van der Waals surface area contributed by atoms with Crippen LogP contribution in [0.15, 0.2) is 18.2 Å². The van der Waals surface area contributed by atoms with Gasteiger partial charge in [0.15, 0.2) is 0 Å². The molecule has 0 spiro atoms. The summed E-state index contributed by atoms with van der Waals surface area (Å²) in [7, 11) is 0. The van der Waals surface area contributed by atoms with E-state index in [0.717, 1.165) is 6.42 Å². The second-order valence-corrected chi connectivity index (χ2v) is 5.66. The quantitative estimate of drug-likeness (QED) is 0.885. The van der Waals surface area contributed by atoms with Gasteiger partial charge in [-0.05, 0) is 48.9 Å². The zero-order chi connectivity index (χ0) is 13.3. The largest absolute Gasteiger partial charge is 0.387 e. The van der Waals surface area contributed by atoms with Gasteiger partial charge >= 0.3 is 0 Å². The van der Waals surface area contributed by atoms with Gasteiger partial charge in [-0.1, -0.05) is 18.5 Å². The Morgan fingerprint density at radius 3 is 2.78 bits per heavy atom. The first kappa shape index (κ1) is 13.3. The van der Waals surface area contributed by atoms with Crippen molar-refractivity contribution in [2.24, 2.45) is 11.3 Å². The molecule has 1 aliphatic carbocycles. The smallest absolute Gasteiger partial charge is 0.125 e. The minimum Gasteiger partial charge on any atom is -0.387 e. The first-order valence-electron chi connectivity index (χ1n) is 6.02. The molecule has 4 heteroatoms. The molecular formula is C14H15ClFNO. The Kier molecular flexibility index (Phi) is 3.61. The van der Waals surface area contributed by atoms with Crippen LogP contribution < -0.4 is 0 Å². The van der Waals surface area contributed by atoms with Gasteiger partial charge < -0.3 is 5.11 Å². The molecule has 2 nitrogen and oxygen atoms in total. The highest BCUT2D eigenvalue weighted by Crippen LogP contribution is 2.49. The normalized spacial score (nSPS) is 28.9. The molecule has 1 aliphatic rings. The minimum absolute atomic E-state index is 0.239. The molecule has 1 aromatic carbocycles. The van der Waals surface area contributed by atoms with Gasteiger partial charge in [-0.25, -0.2) is 4.39 Å². The van der Waals surface area contributed by atoms with Crippen LogP contribution in [0, 0.1) is 28.5 Å². The summed E-state index contributed by atoms with van der Waals surface area (Å²) in [5.41, 5.74) is -0.424. The summed E-state index contributed by atoms with van der Waals surface area (Å²) in [4.78, 5) is 0. The number of benzene rings is 1. The molecule has 0 saturated heterocycles. The fourth-order valence-electron chi connectivity index (χ4n) is 2.79. The van der Waals surface area contributed by atoms with Crippen molar-refractivity contribution in [2.75, 3.05) is 0 Å². The molecule has 1 aromatic rings. The topological polar surface area (TPSA) is 44.0 Å². The van der Waals surface area contributed by atoms with Gasteiger partial charge in [0.05, 0.1) is 17.6 Å². The van der Waals surface area contributed by atoms with Crippen molar-refractivity contribution in [3.63, 3.8) is 0 Å². The molecule has 1 N–H and O–H groups in total. The van der Waals surface area contributed by atoms with Crippen LogP contribution >= 0.6 is 11.6 Å². The van der Waals surface area contributed by atoms with Crippen LogP contribution in [0.25, 0.3) is 0 Å². The molecule has 0 amide bonds. The Balaban J connectivity index is 2.35. The molecule has 0 aliphatic heterocycles. The molecule has 0 bridgehead atoms. The number of nitrogens with zero attached hydrogens (tertiary/aromatic N) is 1. The number of nitriles is 1. The van der Waals surface area contributed by atoms with E-state index in [1.807, 2.05) is 0 Å². The van der Waals surface area contributed by atoms with Crippen molar-refractivity contribution in [1.82, 2.24) is 0 Å². The van der Waals surface area contributed by atoms with Gasteiger partial charge in [0.2, 0.25) is 0 Å². The Hall–Kier alpha value is -1.11. The molecule has 0 radical (unpaired) electrons. The highest BCUT2D eigenvalue weighted by atomic mass is 35.5. The van der Waals surface area contributed by atoms with Crippen LogP contribution in [0.5, 0.6) is 0 Å². The maximum atomic E-state index is 13.3. The number of hydrogen-bond acceptors (Lipinski definition) is 2. The molecule has 96 valence electrons. The molecular weight excluding hydrogens is 253 g/mol. The Bertz CT molecular complexity index is 479. The first-order valence-corrected chi connectivity index (χ1v) is 6.40. The molecule has 3 unspecified atom stereocenters. The maximum absolute atomic E-state index is 13.3. The third-order valence-electron chi connectivity index (χ3n) is 3.74. The van der Waals surface area contributed by atoms with Crippen molar-refractivity contribution in [1.29, 1.82) is 5.26 Å². The SMILES string of the molecule is CC1CCC(C#N)(C(O)c2cc(F)cc(Cl)c2)C1. The van der Waals surface area contributed by atoms with E-state index in [0.29, 0.717) is 24.3 Å². The van der Waals surface area contributed by atoms with Crippen molar-refractivity contribution >= 4 is 11.6 Å². The summed E-state index contributed by atoms with van der Waals surface area (Å²) in [5, 5.41) is 20.0. The highest BCUT2D eigenvalue weighted by Gasteiger charge is 2.44. The standard InChI is InChI=1S/C14H15ClFNO/c1-9-2-3-14(7-9,8-17)13(18)10-4-11(15)6-12(16)5-10/h4-6,9,13,18H,2-3,7H2,1H3. The summed E-state index contributed by atoms with van der Waals surface area (Å²) in [6.07, 6.45) is 1.20. The second-order valence-electron chi connectivity index (χ2n) is 5.22. The first-order chi connectivity index (χ1) is 8.47. The Morgan fingerprint density at radius 1 is 1.56 bits per heavy atom. The third-order valence-corrected chi connectivity index (χ3v) is 3.96. The molecule has 1 fully saturated rings. The molecule has 0 aromatic heterocycles. The average molecular weight is 268 g/mol. The van der Waals surface area contributed by atoms with Crippen LogP contribution in [0.2, 0.25) is 5.02 Å². The monoisotopic (exact) mass is 267 g/mol. The van der Waals surface area contributed by atoms with Gasteiger partial charge in [0, 0.05) is 5.02 Å². The lowest BCUT2D eigenvalue weighted by Crippen LogP contribution is -2.24. The number of hydrogen-bond donors (Lipinski definition) is 1. The van der Waals surface area contributed by atoms with E-state index in [1.165, 1.54) is 18.2 Å². The van der Waals surface area contributed by atoms with Crippen molar-refractivity contribution in [3.8, 4) is 6.07 Å². The number of aliphatic hydroxyl groups excluding tert-OH is 1. The number of rotatable bonds is 2. The van der Waals surface area contributed by atoms with Crippen LogP contribution in [0.1, 0.15) is 37.9 Å². The lowest BCUT2D eigenvalue weighted by Gasteiger charge is -2.27. The summed E-state index contributed by atoms with van der Waals surface area (Å²) >= 11 is 5.78.